The van der Waals surface area contributed by atoms with Gasteiger partial charge in [-0.25, -0.2) is 4.39 Å². The van der Waals surface area contributed by atoms with E-state index in [4.69, 9.17) is 16.3 Å². The summed E-state index contributed by atoms with van der Waals surface area (Å²) in [5.41, 5.74) is -1.40. The highest BCUT2D eigenvalue weighted by Gasteiger charge is 2.37. The second kappa shape index (κ2) is 12.4. The molecule has 8 nitrogen and oxygen atoms in total. The second-order valence-corrected chi connectivity index (χ2v) is 11.0. The van der Waals surface area contributed by atoms with Gasteiger partial charge in [-0.1, -0.05) is 29.8 Å². The molecule has 0 aliphatic rings. The number of hydrogen-bond donors (Lipinski definition) is 2. The van der Waals surface area contributed by atoms with Gasteiger partial charge in [0.15, 0.2) is 0 Å². The van der Waals surface area contributed by atoms with Crippen LogP contribution >= 0.6 is 27.5 Å². The molecule has 208 valence electrons. The van der Waals surface area contributed by atoms with E-state index in [1.165, 1.54) is 19.2 Å². The summed E-state index contributed by atoms with van der Waals surface area (Å²) in [7, 11) is 1.50. The minimum absolute atomic E-state index is 0.0791. The van der Waals surface area contributed by atoms with Crippen LogP contribution in [0.15, 0.2) is 59.1 Å². The molecule has 1 amide bonds. The van der Waals surface area contributed by atoms with E-state index in [0.717, 1.165) is 23.1 Å². The molecule has 3 rings (SSSR count). The molecule has 0 aromatic heterocycles. The highest BCUT2D eigenvalue weighted by Crippen LogP contribution is 2.36. The summed E-state index contributed by atoms with van der Waals surface area (Å²) >= 11 is 9.34. The van der Waals surface area contributed by atoms with Gasteiger partial charge < -0.3 is 14.7 Å². The van der Waals surface area contributed by atoms with E-state index in [1.807, 2.05) is 0 Å². The number of carbonyl (C=O) groups is 1. The maximum atomic E-state index is 15.4. The third-order valence-electron chi connectivity index (χ3n) is 5.75. The van der Waals surface area contributed by atoms with Crippen LogP contribution in [0.4, 0.5) is 14.5 Å². The van der Waals surface area contributed by atoms with Crippen molar-refractivity contribution in [1.82, 2.24) is 10.2 Å². The van der Waals surface area contributed by atoms with E-state index < -0.39 is 51.5 Å². The Morgan fingerprint density at radius 3 is 2.36 bits per heavy atom. The van der Waals surface area contributed by atoms with Crippen molar-refractivity contribution < 1.29 is 28.3 Å². The van der Waals surface area contributed by atoms with Gasteiger partial charge in [-0.15, -0.1) is 0 Å². The van der Waals surface area contributed by atoms with E-state index in [1.54, 1.807) is 45.0 Å². The normalized spacial score (nSPS) is 13.1. The summed E-state index contributed by atoms with van der Waals surface area (Å²) in [6, 6.07) is 11.2. The smallest absolute Gasteiger partial charge is 0.319 e. The van der Waals surface area contributed by atoms with Crippen LogP contribution in [-0.4, -0.2) is 39.7 Å². The Hall–Kier alpha value is -3.12. The van der Waals surface area contributed by atoms with Crippen LogP contribution in [0.3, 0.4) is 0 Å². The van der Waals surface area contributed by atoms with Gasteiger partial charge in [0, 0.05) is 17.1 Å². The number of halogens is 4. The minimum Gasteiger partial charge on any atom is -0.497 e. The van der Waals surface area contributed by atoms with Crippen molar-refractivity contribution in [3.05, 3.63) is 103 Å². The molecule has 2 atom stereocenters. The number of nitrogens with zero attached hydrogens (tertiary/aromatic N) is 2. The van der Waals surface area contributed by atoms with Crippen LogP contribution in [0, 0.1) is 21.7 Å². The number of rotatable bonds is 9. The number of benzene rings is 3. The summed E-state index contributed by atoms with van der Waals surface area (Å²) in [6.45, 7) is 5.18. The highest BCUT2D eigenvalue weighted by atomic mass is 79.9. The number of carbonyl (C=O) groups excluding carboxylic acids is 1. The van der Waals surface area contributed by atoms with E-state index >= 15 is 4.39 Å². The van der Waals surface area contributed by atoms with Gasteiger partial charge in [0.2, 0.25) is 5.82 Å². The second-order valence-electron chi connectivity index (χ2n) is 9.75. The monoisotopic (exact) mass is 625 g/mol. The lowest BCUT2D eigenvalue weighted by Gasteiger charge is -2.38. The summed E-state index contributed by atoms with van der Waals surface area (Å²) in [5, 5.41) is 25.8. The lowest BCUT2D eigenvalue weighted by molar-refractivity contribution is -0.388. The average Bonchev–Trinajstić information content (AvgIpc) is 2.83. The standard InChI is InChI=1S/C27H27BrClF2N3O5/c1-27(2,3)32-25(35)23(18-10-7-16(30)13-21(18)29)33(14-15-5-8-17(39-4)9-6-15)26(36)19-11-12-20(28)24(22(19)31)34(37)38/h5-13,23,25,32,35H,14H2,1-4H3. The maximum Gasteiger partial charge on any atom is 0.319 e. The molecule has 0 heterocycles. The molecule has 0 aliphatic heterocycles. The fourth-order valence-corrected chi connectivity index (χ4v) is 4.75. The molecule has 39 heavy (non-hydrogen) atoms. The van der Waals surface area contributed by atoms with E-state index in [2.05, 4.69) is 21.2 Å². The van der Waals surface area contributed by atoms with Crippen molar-refractivity contribution in [2.75, 3.05) is 7.11 Å². The van der Waals surface area contributed by atoms with Crippen molar-refractivity contribution >= 4 is 39.1 Å². The van der Waals surface area contributed by atoms with Crippen molar-refractivity contribution in [2.24, 2.45) is 0 Å². The number of methoxy groups -OCH3 is 1. The van der Waals surface area contributed by atoms with Crippen LogP contribution < -0.4 is 10.1 Å². The van der Waals surface area contributed by atoms with Gasteiger partial charge in [0.25, 0.3) is 5.91 Å². The van der Waals surface area contributed by atoms with Gasteiger partial charge in [0.05, 0.1) is 28.1 Å². The SMILES string of the molecule is COc1ccc(CN(C(=O)c2ccc(Br)c([N+](=O)[O-])c2F)C(c2ccc(F)cc2Cl)C(O)NC(C)(C)C)cc1. The Kier molecular flexibility index (Phi) is 9.65. The lowest BCUT2D eigenvalue weighted by atomic mass is 9.98. The number of nitrogens with one attached hydrogen (secondary N) is 1. The quantitative estimate of drug-likeness (QED) is 0.162. The van der Waals surface area contributed by atoms with Crippen LogP contribution in [0.5, 0.6) is 5.75 Å². The Labute approximate surface area is 237 Å². The van der Waals surface area contributed by atoms with Crippen LogP contribution in [0.1, 0.15) is 48.3 Å². The zero-order chi connectivity index (χ0) is 29.1. The molecule has 3 aromatic rings. The zero-order valence-corrected chi connectivity index (χ0v) is 23.9. The topological polar surface area (TPSA) is 105 Å². The van der Waals surface area contributed by atoms with Crippen LogP contribution in [0.25, 0.3) is 0 Å². The van der Waals surface area contributed by atoms with Gasteiger partial charge in [-0.05, 0) is 84.2 Å². The molecule has 2 unspecified atom stereocenters. The Morgan fingerprint density at radius 1 is 1.18 bits per heavy atom. The first-order valence-corrected chi connectivity index (χ1v) is 12.9. The molecule has 0 fully saturated rings. The van der Waals surface area contributed by atoms with Gasteiger partial charge in [0.1, 0.15) is 17.8 Å². The fraction of sp³-hybridized carbons (Fsp3) is 0.296. The zero-order valence-electron chi connectivity index (χ0n) is 21.5. The molecule has 0 saturated carbocycles. The maximum absolute atomic E-state index is 15.4. The number of aliphatic hydroxyl groups is 1. The first-order valence-electron chi connectivity index (χ1n) is 11.7. The van der Waals surface area contributed by atoms with Gasteiger partial charge in [-0.2, -0.15) is 4.39 Å². The summed E-state index contributed by atoms with van der Waals surface area (Å²) < 4.78 is 34.4. The minimum atomic E-state index is -1.47. The van der Waals surface area contributed by atoms with Crippen molar-refractivity contribution in [1.29, 1.82) is 0 Å². The van der Waals surface area contributed by atoms with E-state index in [0.29, 0.717) is 11.3 Å². The Balaban J connectivity index is 2.24. The lowest BCUT2D eigenvalue weighted by Crippen LogP contribution is -2.52. The number of ether oxygens (including phenoxy) is 1. The third-order valence-corrected chi connectivity index (χ3v) is 6.72. The Bertz CT molecular complexity index is 1370. The van der Waals surface area contributed by atoms with E-state index in [-0.39, 0.29) is 21.6 Å². The van der Waals surface area contributed by atoms with Crippen LogP contribution in [0.2, 0.25) is 5.02 Å². The first kappa shape index (κ1) is 30.4. The fourth-order valence-electron chi connectivity index (χ4n) is 4.02. The molecule has 0 radical (unpaired) electrons. The summed E-state index contributed by atoms with van der Waals surface area (Å²) in [5.74, 6) is -2.39. The van der Waals surface area contributed by atoms with E-state index in [9.17, 15) is 24.4 Å². The van der Waals surface area contributed by atoms with Gasteiger partial charge in [-0.3, -0.25) is 20.2 Å². The number of nitro groups is 1. The molecule has 0 saturated heterocycles. The van der Waals surface area contributed by atoms with Gasteiger partial charge >= 0.3 is 5.69 Å². The predicted molar refractivity (Wildman–Crippen MR) is 147 cm³/mol. The number of aliphatic hydroxyl groups excluding tert-OH is 1. The molecule has 0 aliphatic carbocycles. The number of hydrogen-bond acceptors (Lipinski definition) is 6. The molecular formula is C27H27BrClF2N3O5. The Morgan fingerprint density at radius 2 is 1.82 bits per heavy atom. The molecule has 2 N–H and O–H groups in total. The summed E-state index contributed by atoms with van der Waals surface area (Å²) in [6.07, 6.45) is -1.47. The van der Waals surface area contributed by atoms with Crippen molar-refractivity contribution in [2.45, 2.75) is 45.1 Å². The third kappa shape index (κ3) is 7.30. The number of nitro benzene ring substituents is 1. The van der Waals surface area contributed by atoms with Crippen molar-refractivity contribution in [3.63, 3.8) is 0 Å². The molecule has 3 aromatic carbocycles. The summed E-state index contributed by atoms with van der Waals surface area (Å²) in [4.78, 5) is 25.7. The molecule has 12 heteroatoms. The first-order chi connectivity index (χ1) is 18.2. The highest BCUT2D eigenvalue weighted by molar-refractivity contribution is 9.10. The predicted octanol–water partition coefficient (Wildman–Crippen LogP) is 6.39. The van der Waals surface area contributed by atoms with Crippen LogP contribution in [-0.2, 0) is 6.54 Å². The molecular weight excluding hydrogens is 600 g/mol. The van der Waals surface area contributed by atoms with Crippen molar-refractivity contribution in [3.8, 4) is 5.75 Å². The largest absolute Gasteiger partial charge is 0.497 e. The molecule has 0 spiro atoms. The molecule has 0 bridgehead atoms. The number of amides is 1. The average molecular weight is 627 g/mol.